The number of amides is 1. The Hall–Kier alpha value is -0.570. The predicted molar refractivity (Wildman–Crippen MR) is 101 cm³/mol. The first kappa shape index (κ1) is 21.4. The number of hydrogen-bond donors (Lipinski definition) is 3. The SMILES string of the molecule is CCNC(=NCCNC(=O)C(C)(C)C)N1CCC(O)CC1.I. The highest BCUT2D eigenvalue weighted by Gasteiger charge is 2.21. The number of aliphatic hydroxyl groups is 1. The lowest BCUT2D eigenvalue weighted by molar-refractivity contribution is -0.128. The van der Waals surface area contributed by atoms with Crippen LogP contribution >= 0.6 is 24.0 Å². The van der Waals surface area contributed by atoms with Crippen molar-refractivity contribution in [1.82, 2.24) is 15.5 Å². The van der Waals surface area contributed by atoms with Gasteiger partial charge in [-0.05, 0) is 19.8 Å². The molecule has 0 aromatic heterocycles. The summed E-state index contributed by atoms with van der Waals surface area (Å²) in [5, 5.41) is 15.7. The summed E-state index contributed by atoms with van der Waals surface area (Å²) in [7, 11) is 0. The molecule has 0 aliphatic carbocycles. The van der Waals surface area contributed by atoms with E-state index in [1.54, 1.807) is 0 Å². The minimum Gasteiger partial charge on any atom is -0.393 e. The fraction of sp³-hybridized carbons (Fsp3) is 0.867. The summed E-state index contributed by atoms with van der Waals surface area (Å²) in [5.74, 6) is 0.915. The van der Waals surface area contributed by atoms with Crippen molar-refractivity contribution >= 4 is 35.8 Å². The number of halogens is 1. The molecule has 0 radical (unpaired) electrons. The Morgan fingerprint density at radius 3 is 2.36 bits per heavy atom. The molecule has 1 heterocycles. The summed E-state index contributed by atoms with van der Waals surface area (Å²) < 4.78 is 0. The third-order valence-corrected chi connectivity index (χ3v) is 3.44. The molecule has 0 saturated carbocycles. The van der Waals surface area contributed by atoms with Crippen LogP contribution in [-0.2, 0) is 4.79 Å². The van der Waals surface area contributed by atoms with Crippen LogP contribution in [0.2, 0.25) is 0 Å². The molecule has 1 rings (SSSR count). The van der Waals surface area contributed by atoms with Crippen molar-refractivity contribution in [3.8, 4) is 0 Å². The molecule has 0 bridgehead atoms. The van der Waals surface area contributed by atoms with Gasteiger partial charge in [0.25, 0.3) is 0 Å². The number of aliphatic imine (C=N–C) groups is 1. The fourth-order valence-electron chi connectivity index (χ4n) is 2.10. The first-order valence-corrected chi connectivity index (χ1v) is 7.84. The number of carbonyl (C=O) groups is 1. The molecule has 1 aliphatic heterocycles. The summed E-state index contributed by atoms with van der Waals surface area (Å²) in [4.78, 5) is 18.5. The summed E-state index contributed by atoms with van der Waals surface area (Å²) in [5.41, 5.74) is -0.364. The molecule has 22 heavy (non-hydrogen) atoms. The smallest absolute Gasteiger partial charge is 0.225 e. The van der Waals surface area contributed by atoms with Gasteiger partial charge in [-0.15, -0.1) is 24.0 Å². The van der Waals surface area contributed by atoms with E-state index in [1.807, 2.05) is 27.7 Å². The van der Waals surface area contributed by atoms with Crippen molar-refractivity contribution in [1.29, 1.82) is 0 Å². The van der Waals surface area contributed by atoms with Gasteiger partial charge in [0.05, 0.1) is 12.6 Å². The van der Waals surface area contributed by atoms with Crippen LogP contribution in [0.1, 0.15) is 40.5 Å². The summed E-state index contributed by atoms with van der Waals surface area (Å²) in [6.45, 7) is 11.3. The van der Waals surface area contributed by atoms with Gasteiger partial charge < -0.3 is 20.6 Å². The lowest BCUT2D eigenvalue weighted by atomic mass is 9.96. The minimum atomic E-state index is -0.364. The topological polar surface area (TPSA) is 77.0 Å². The molecule has 0 aromatic rings. The van der Waals surface area contributed by atoms with Crippen LogP contribution in [0.15, 0.2) is 4.99 Å². The molecule has 6 nitrogen and oxygen atoms in total. The van der Waals surface area contributed by atoms with Crippen molar-refractivity contribution < 1.29 is 9.90 Å². The fourth-order valence-corrected chi connectivity index (χ4v) is 2.10. The van der Waals surface area contributed by atoms with Crippen LogP contribution in [0.4, 0.5) is 0 Å². The molecule has 1 amide bonds. The van der Waals surface area contributed by atoms with E-state index in [2.05, 4.69) is 20.5 Å². The van der Waals surface area contributed by atoms with Gasteiger partial charge in [0.2, 0.25) is 5.91 Å². The van der Waals surface area contributed by atoms with Crippen LogP contribution < -0.4 is 10.6 Å². The molecule has 0 aromatic carbocycles. The van der Waals surface area contributed by atoms with E-state index in [4.69, 9.17) is 0 Å². The van der Waals surface area contributed by atoms with Crippen LogP contribution in [0.3, 0.4) is 0 Å². The normalized spacial score (nSPS) is 17.0. The maximum absolute atomic E-state index is 11.8. The lowest BCUT2D eigenvalue weighted by Gasteiger charge is -2.32. The largest absolute Gasteiger partial charge is 0.393 e. The molecule has 1 fully saturated rings. The van der Waals surface area contributed by atoms with E-state index in [1.165, 1.54) is 0 Å². The maximum Gasteiger partial charge on any atom is 0.225 e. The number of likely N-dealkylation sites (tertiary alicyclic amines) is 1. The molecule has 130 valence electrons. The number of piperidine rings is 1. The zero-order chi connectivity index (χ0) is 15.9. The first-order chi connectivity index (χ1) is 9.84. The third kappa shape index (κ3) is 7.62. The second-order valence-corrected chi connectivity index (χ2v) is 6.46. The average molecular weight is 426 g/mol. The molecule has 0 unspecified atom stereocenters. The van der Waals surface area contributed by atoms with E-state index in [9.17, 15) is 9.90 Å². The highest BCUT2D eigenvalue weighted by Crippen LogP contribution is 2.12. The zero-order valence-electron chi connectivity index (χ0n) is 14.2. The molecule has 3 N–H and O–H groups in total. The van der Waals surface area contributed by atoms with Gasteiger partial charge in [-0.3, -0.25) is 9.79 Å². The Balaban J connectivity index is 0.00000441. The maximum atomic E-state index is 11.8. The molecular formula is C15H31IN4O2. The standard InChI is InChI=1S/C15H30N4O2.HI/c1-5-16-14(19-10-6-12(20)7-11-19)18-9-8-17-13(21)15(2,3)4;/h12,20H,5-11H2,1-4H3,(H,16,18)(H,17,21);1H. The van der Waals surface area contributed by atoms with E-state index in [-0.39, 0.29) is 41.4 Å². The summed E-state index contributed by atoms with van der Waals surface area (Å²) in [6.07, 6.45) is 1.38. The van der Waals surface area contributed by atoms with Crippen LogP contribution in [0, 0.1) is 5.41 Å². The summed E-state index contributed by atoms with van der Waals surface area (Å²) in [6, 6.07) is 0. The van der Waals surface area contributed by atoms with Gasteiger partial charge in [-0.2, -0.15) is 0 Å². The highest BCUT2D eigenvalue weighted by molar-refractivity contribution is 14.0. The second-order valence-electron chi connectivity index (χ2n) is 6.46. The van der Waals surface area contributed by atoms with Gasteiger partial charge in [0, 0.05) is 31.6 Å². The van der Waals surface area contributed by atoms with Gasteiger partial charge in [0.1, 0.15) is 0 Å². The van der Waals surface area contributed by atoms with Crippen LogP contribution in [0.25, 0.3) is 0 Å². The van der Waals surface area contributed by atoms with E-state index in [0.29, 0.717) is 13.1 Å². The Kier molecular flexibility index (Phi) is 9.99. The molecular weight excluding hydrogens is 395 g/mol. The number of rotatable bonds is 4. The highest BCUT2D eigenvalue weighted by atomic mass is 127. The summed E-state index contributed by atoms with van der Waals surface area (Å²) >= 11 is 0. The Bertz CT molecular complexity index is 361. The average Bonchev–Trinajstić information content (AvgIpc) is 2.42. The Morgan fingerprint density at radius 1 is 1.27 bits per heavy atom. The number of hydrogen-bond acceptors (Lipinski definition) is 3. The minimum absolute atomic E-state index is 0. The molecule has 7 heteroatoms. The van der Waals surface area contributed by atoms with E-state index in [0.717, 1.165) is 38.4 Å². The van der Waals surface area contributed by atoms with Gasteiger partial charge in [0.15, 0.2) is 5.96 Å². The van der Waals surface area contributed by atoms with Crippen molar-refractivity contribution in [2.75, 3.05) is 32.7 Å². The molecule has 1 saturated heterocycles. The molecule has 0 spiro atoms. The van der Waals surface area contributed by atoms with Gasteiger partial charge in [-0.1, -0.05) is 20.8 Å². The van der Waals surface area contributed by atoms with Crippen molar-refractivity contribution in [2.45, 2.75) is 46.6 Å². The van der Waals surface area contributed by atoms with E-state index >= 15 is 0 Å². The lowest BCUT2D eigenvalue weighted by Crippen LogP contribution is -2.47. The third-order valence-electron chi connectivity index (χ3n) is 3.44. The predicted octanol–water partition coefficient (Wildman–Crippen LogP) is 1.19. The quantitative estimate of drug-likeness (QED) is 0.273. The molecule has 0 atom stereocenters. The van der Waals surface area contributed by atoms with Gasteiger partial charge in [-0.25, -0.2) is 0 Å². The van der Waals surface area contributed by atoms with Crippen molar-refractivity contribution in [2.24, 2.45) is 10.4 Å². The Labute approximate surface area is 151 Å². The number of carbonyl (C=O) groups excluding carboxylic acids is 1. The zero-order valence-corrected chi connectivity index (χ0v) is 16.5. The van der Waals surface area contributed by atoms with Crippen molar-refractivity contribution in [3.63, 3.8) is 0 Å². The number of nitrogens with one attached hydrogen (secondary N) is 2. The second kappa shape index (κ2) is 10.3. The first-order valence-electron chi connectivity index (χ1n) is 7.84. The van der Waals surface area contributed by atoms with E-state index < -0.39 is 0 Å². The van der Waals surface area contributed by atoms with Crippen LogP contribution in [-0.4, -0.2) is 60.7 Å². The van der Waals surface area contributed by atoms with Crippen LogP contribution in [0.5, 0.6) is 0 Å². The van der Waals surface area contributed by atoms with Crippen molar-refractivity contribution in [3.05, 3.63) is 0 Å². The number of aliphatic hydroxyl groups excluding tert-OH is 1. The Morgan fingerprint density at radius 2 is 1.86 bits per heavy atom. The molecule has 1 aliphatic rings. The number of guanidine groups is 1. The van der Waals surface area contributed by atoms with Gasteiger partial charge >= 0.3 is 0 Å². The number of nitrogens with zero attached hydrogens (tertiary/aromatic N) is 2. The monoisotopic (exact) mass is 426 g/mol.